The van der Waals surface area contributed by atoms with E-state index in [2.05, 4.69) is 10.5 Å². The molecule has 0 saturated heterocycles. The lowest BCUT2D eigenvalue weighted by molar-refractivity contribution is 0.172. The minimum Gasteiger partial charge on any atom is -0.486 e. The van der Waals surface area contributed by atoms with Crippen LogP contribution in [0.25, 0.3) is 0 Å². The molecule has 20 heavy (non-hydrogen) atoms. The van der Waals surface area contributed by atoms with E-state index in [9.17, 15) is 0 Å². The van der Waals surface area contributed by atoms with E-state index in [1.54, 1.807) is 6.07 Å². The van der Waals surface area contributed by atoms with Crippen molar-refractivity contribution in [3.63, 3.8) is 0 Å². The first-order valence-corrected chi connectivity index (χ1v) is 6.50. The molecule has 1 aromatic heterocycles. The molecular formula is C14H17N3O3. The van der Waals surface area contributed by atoms with Crippen LogP contribution in [0, 0.1) is 13.8 Å². The summed E-state index contributed by atoms with van der Waals surface area (Å²) >= 11 is 0. The van der Waals surface area contributed by atoms with Gasteiger partial charge in [0.2, 0.25) is 0 Å². The summed E-state index contributed by atoms with van der Waals surface area (Å²) in [6.07, 6.45) is 0. The molecule has 2 aromatic rings. The van der Waals surface area contributed by atoms with Crippen LogP contribution >= 0.6 is 0 Å². The van der Waals surface area contributed by atoms with Crippen molar-refractivity contribution in [3.05, 3.63) is 29.2 Å². The summed E-state index contributed by atoms with van der Waals surface area (Å²) in [6, 6.07) is 3.65. The highest BCUT2D eigenvalue weighted by Gasteiger charge is 2.15. The number of aromatic nitrogens is 1. The number of hydrogen-bond acceptors (Lipinski definition) is 6. The second-order valence-corrected chi connectivity index (χ2v) is 4.74. The van der Waals surface area contributed by atoms with Gasteiger partial charge in [-0.3, -0.25) is 0 Å². The first-order valence-electron chi connectivity index (χ1n) is 6.50. The summed E-state index contributed by atoms with van der Waals surface area (Å²) in [7, 11) is 0. The predicted octanol–water partition coefficient (Wildman–Crippen LogP) is 2.26. The molecule has 3 N–H and O–H groups in total. The number of ether oxygens (including phenoxy) is 2. The van der Waals surface area contributed by atoms with E-state index in [0.29, 0.717) is 36.9 Å². The van der Waals surface area contributed by atoms with Crippen LogP contribution in [0.1, 0.15) is 17.0 Å². The predicted molar refractivity (Wildman–Crippen MR) is 75.1 cm³/mol. The molecule has 0 amide bonds. The van der Waals surface area contributed by atoms with Crippen LogP contribution in [0.15, 0.2) is 16.7 Å². The normalized spacial score (nSPS) is 13.3. The average molecular weight is 275 g/mol. The lowest BCUT2D eigenvalue weighted by Gasteiger charge is -2.20. The Labute approximate surface area is 116 Å². The smallest absolute Gasteiger partial charge is 0.163 e. The summed E-state index contributed by atoms with van der Waals surface area (Å²) in [6.45, 7) is 5.52. The van der Waals surface area contributed by atoms with Gasteiger partial charge in [0.05, 0.1) is 17.1 Å². The molecular weight excluding hydrogens is 258 g/mol. The third-order valence-electron chi connectivity index (χ3n) is 3.35. The number of nitrogens with two attached hydrogens (primary N) is 1. The number of nitrogens with zero attached hydrogens (tertiary/aromatic N) is 1. The molecule has 1 aromatic carbocycles. The van der Waals surface area contributed by atoms with Gasteiger partial charge in [0.15, 0.2) is 11.5 Å². The molecule has 0 bridgehead atoms. The number of fused-ring (bicyclic) bond motifs is 1. The molecule has 0 unspecified atom stereocenters. The van der Waals surface area contributed by atoms with Crippen molar-refractivity contribution in [1.29, 1.82) is 0 Å². The van der Waals surface area contributed by atoms with Crippen LogP contribution in [-0.4, -0.2) is 18.4 Å². The maximum Gasteiger partial charge on any atom is 0.163 e. The van der Waals surface area contributed by atoms with Crippen LogP contribution in [0.2, 0.25) is 0 Å². The van der Waals surface area contributed by atoms with Crippen molar-refractivity contribution in [2.75, 3.05) is 24.3 Å². The Balaban J connectivity index is 1.81. The highest BCUT2D eigenvalue weighted by Crippen LogP contribution is 2.37. The second-order valence-electron chi connectivity index (χ2n) is 4.74. The first kappa shape index (κ1) is 12.7. The average Bonchev–Trinajstić information content (AvgIpc) is 2.76. The third kappa shape index (κ3) is 2.24. The highest BCUT2D eigenvalue weighted by atomic mass is 16.6. The molecule has 0 fully saturated rings. The molecule has 0 aliphatic carbocycles. The topological polar surface area (TPSA) is 82.5 Å². The summed E-state index contributed by atoms with van der Waals surface area (Å²) in [4.78, 5) is 0. The van der Waals surface area contributed by atoms with E-state index < -0.39 is 0 Å². The molecule has 0 radical (unpaired) electrons. The summed E-state index contributed by atoms with van der Waals surface area (Å²) in [5, 5.41) is 7.22. The summed E-state index contributed by atoms with van der Waals surface area (Å²) in [5.41, 5.74) is 9.38. The maximum atomic E-state index is 6.02. The Bertz CT molecular complexity index is 617. The molecule has 6 heteroatoms. The van der Waals surface area contributed by atoms with E-state index in [-0.39, 0.29) is 0 Å². The Morgan fingerprint density at radius 3 is 2.55 bits per heavy atom. The number of aryl methyl sites for hydroxylation is 2. The van der Waals surface area contributed by atoms with Crippen LogP contribution < -0.4 is 20.5 Å². The fourth-order valence-corrected chi connectivity index (χ4v) is 2.20. The van der Waals surface area contributed by atoms with Crippen molar-refractivity contribution in [2.24, 2.45) is 0 Å². The van der Waals surface area contributed by atoms with Gasteiger partial charge in [0.25, 0.3) is 0 Å². The van der Waals surface area contributed by atoms with Gasteiger partial charge in [-0.2, -0.15) is 0 Å². The second kappa shape index (κ2) is 4.96. The van der Waals surface area contributed by atoms with Crippen molar-refractivity contribution in [1.82, 2.24) is 5.16 Å². The van der Waals surface area contributed by atoms with Crippen LogP contribution in [0.5, 0.6) is 11.5 Å². The maximum absolute atomic E-state index is 6.02. The number of rotatable bonds is 3. The number of nitrogen functional groups attached to an aromatic ring is 1. The molecule has 6 nitrogen and oxygen atoms in total. The fourth-order valence-electron chi connectivity index (χ4n) is 2.20. The minimum absolute atomic E-state index is 0.554. The van der Waals surface area contributed by atoms with Gasteiger partial charge in [-0.1, -0.05) is 5.16 Å². The summed E-state index contributed by atoms with van der Waals surface area (Å²) in [5.74, 6) is 2.22. The van der Waals surface area contributed by atoms with Gasteiger partial charge in [0.1, 0.15) is 19.0 Å². The molecule has 1 aliphatic rings. The van der Waals surface area contributed by atoms with Crippen molar-refractivity contribution in [3.8, 4) is 11.5 Å². The van der Waals surface area contributed by atoms with E-state index in [1.807, 2.05) is 19.9 Å². The zero-order valence-corrected chi connectivity index (χ0v) is 11.5. The Hall–Kier alpha value is -2.37. The van der Waals surface area contributed by atoms with Crippen LogP contribution in [-0.2, 0) is 6.54 Å². The van der Waals surface area contributed by atoms with Gasteiger partial charge in [-0.05, 0) is 13.8 Å². The van der Waals surface area contributed by atoms with Crippen molar-refractivity contribution < 1.29 is 14.0 Å². The number of anilines is 2. The minimum atomic E-state index is 0.554. The van der Waals surface area contributed by atoms with E-state index in [0.717, 1.165) is 22.7 Å². The largest absolute Gasteiger partial charge is 0.486 e. The van der Waals surface area contributed by atoms with Gasteiger partial charge in [-0.25, -0.2) is 0 Å². The molecule has 3 rings (SSSR count). The highest BCUT2D eigenvalue weighted by molar-refractivity contribution is 5.72. The Morgan fingerprint density at radius 1 is 1.20 bits per heavy atom. The molecule has 1 aliphatic heterocycles. The first-order chi connectivity index (χ1) is 9.65. The van der Waals surface area contributed by atoms with E-state index in [4.69, 9.17) is 19.7 Å². The van der Waals surface area contributed by atoms with Crippen LogP contribution in [0.4, 0.5) is 11.4 Å². The molecule has 0 spiro atoms. The molecule has 0 saturated carbocycles. The Morgan fingerprint density at radius 2 is 1.90 bits per heavy atom. The molecule has 106 valence electrons. The van der Waals surface area contributed by atoms with Gasteiger partial charge in [-0.15, -0.1) is 0 Å². The van der Waals surface area contributed by atoms with Gasteiger partial charge >= 0.3 is 0 Å². The third-order valence-corrected chi connectivity index (χ3v) is 3.35. The molecule has 0 atom stereocenters. The fraction of sp³-hybridized carbons (Fsp3) is 0.357. The lowest BCUT2D eigenvalue weighted by Crippen LogP contribution is -2.16. The van der Waals surface area contributed by atoms with E-state index >= 15 is 0 Å². The van der Waals surface area contributed by atoms with Crippen LogP contribution in [0.3, 0.4) is 0 Å². The molecule has 2 heterocycles. The SMILES string of the molecule is Cc1noc(C)c1CNc1cc2c(cc1N)OCCO2. The van der Waals surface area contributed by atoms with Gasteiger partial charge in [0, 0.05) is 24.2 Å². The zero-order valence-electron chi connectivity index (χ0n) is 11.5. The van der Waals surface area contributed by atoms with Gasteiger partial charge < -0.3 is 25.0 Å². The number of benzene rings is 1. The van der Waals surface area contributed by atoms with Crippen molar-refractivity contribution in [2.45, 2.75) is 20.4 Å². The number of hydrogen-bond donors (Lipinski definition) is 2. The monoisotopic (exact) mass is 275 g/mol. The summed E-state index contributed by atoms with van der Waals surface area (Å²) < 4.78 is 16.2. The van der Waals surface area contributed by atoms with E-state index in [1.165, 1.54) is 0 Å². The standard InChI is InChI=1S/C14H17N3O3/c1-8-10(9(2)20-17-8)7-16-12-6-14-13(5-11(12)15)18-3-4-19-14/h5-6,16H,3-4,7,15H2,1-2H3. The number of nitrogens with one attached hydrogen (secondary N) is 1. The quantitative estimate of drug-likeness (QED) is 0.836. The Kier molecular flexibility index (Phi) is 3.14. The lowest BCUT2D eigenvalue weighted by atomic mass is 10.2. The zero-order chi connectivity index (χ0) is 14.1. The van der Waals surface area contributed by atoms with Crippen molar-refractivity contribution >= 4 is 11.4 Å².